The Morgan fingerprint density at radius 1 is 1.13 bits per heavy atom. The first-order chi connectivity index (χ1) is 14.3. The molecule has 4 aromatic rings. The van der Waals surface area contributed by atoms with Gasteiger partial charge in [-0.2, -0.15) is 4.98 Å². The Kier molecular flexibility index (Phi) is 5.71. The van der Waals surface area contributed by atoms with Crippen LogP contribution in [0.1, 0.15) is 50.4 Å². The van der Waals surface area contributed by atoms with Gasteiger partial charge in [0.15, 0.2) is 16.8 Å². The number of aromatic nitrogens is 5. The van der Waals surface area contributed by atoms with Crippen LogP contribution in [0, 0.1) is 0 Å². The van der Waals surface area contributed by atoms with E-state index in [1.54, 1.807) is 6.26 Å². The lowest BCUT2D eigenvalue weighted by atomic mass is 9.96. The van der Waals surface area contributed by atoms with Crippen molar-refractivity contribution in [1.82, 2.24) is 24.9 Å². The van der Waals surface area contributed by atoms with E-state index in [4.69, 9.17) is 20.5 Å². The molecular formula is C21H22ClN5O2S. The normalized spacial score (nSPS) is 13.0. The van der Waals surface area contributed by atoms with Crippen LogP contribution in [0.3, 0.4) is 0 Å². The molecule has 0 spiro atoms. The summed E-state index contributed by atoms with van der Waals surface area (Å²) >= 11 is 7.56. The summed E-state index contributed by atoms with van der Waals surface area (Å²) < 4.78 is 13.1. The fourth-order valence-electron chi connectivity index (χ4n) is 2.80. The smallest absolute Gasteiger partial charge is 0.239 e. The van der Waals surface area contributed by atoms with Crippen LogP contribution < -0.4 is 0 Å². The molecule has 0 aliphatic carbocycles. The third-order valence-electron chi connectivity index (χ3n) is 4.46. The molecule has 156 valence electrons. The van der Waals surface area contributed by atoms with Crippen LogP contribution in [0.15, 0.2) is 56.8 Å². The first-order valence-corrected chi connectivity index (χ1v) is 10.8. The van der Waals surface area contributed by atoms with Gasteiger partial charge >= 0.3 is 0 Å². The first-order valence-electron chi connectivity index (χ1n) is 9.53. The highest BCUT2D eigenvalue weighted by Gasteiger charge is 2.25. The van der Waals surface area contributed by atoms with E-state index in [1.807, 2.05) is 47.9 Å². The van der Waals surface area contributed by atoms with Crippen molar-refractivity contribution in [1.29, 1.82) is 0 Å². The number of furan rings is 1. The molecule has 4 rings (SSSR count). The van der Waals surface area contributed by atoms with Crippen molar-refractivity contribution in [2.24, 2.45) is 0 Å². The molecule has 0 radical (unpaired) electrons. The number of hydrogen-bond acceptors (Lipinski definition) is 7. The second-order valence-corrected chi connectivity index (χ2v) is 9.69. The van der Waals surface area contributed by atoms with E-state index >= 15 is 0 Å². The van der Waals surface area contributed by atoms with E-state index in [9.17, 15) is 0 Å². The summed E-state index contributed by atoms with van der Waals surface area (Å²) in [5.41, 5.74) is 0.749. The third-order valence-corrected chi connectivity index (χ3v) is 5.78. The fraction of sp³-hybridized carbons (Fsp3) is 0.333. The van der Waals surface area contributed by atoms with Gasteiger partial charge in [0.25, 0.3) is 0 Å². The van der Waals surface area contributed by atoms with E-state index < -0.39 is 0 Å². The number of benzene rings is 1. The number of rotatable bonds is 6. The Morgan fingerprint density at radius 3 is 2.53 bits per heavy atom. The van der Waals surface area contributed by atoms with Gasteiger partial charge in [-0.05, 0) is 43.3 Å². The maximum Gasteiger partial charge on any atom is 0.239 e. The van der Waals surface area contributed by atoms with Crippen LogP contribution in [-0.2, 0) is 12.0 Å². The molecule has 1 atom stereocenters. The van der Waals surface area contributed by atoms with Crippen LogP contribution >= 0.6 is 23.4 Å². The van der Waals surface area contributed by atoms with Gasteiger partial charge in [0.2, 0.25) is 5.89 Å². The van der Waals surface area contributed by atoms with Crippen molar-refractivity contribution < 1.29 is 8.94 Å². The third kappa shape index (κ3) is 4.44. The van der Waals surface area contributed by atoms with E-state index in [0.29, 0.717) is 23.3 Å². The van der Waals surface area contributed by atoms with Gasteiger partial charge in [-0.15, -0.1) is 10.2 Å². The van der Waals surface area contributed by atoms with Crippen molar-refractivity contribution in [3.05, 3.63) is 65.2 Å². The largest absolute Gasteiger partial charge is 0.467 e. The van der Waals surface area contributed by atoms with E-state index in [0.717, 1.165) is 22.3 Å². The zero-order valence-corrected chi connectivity index (χ0v) is 18.7. The van der Waals surface area contributed by atoms with Crippen molar-refractivity contribution >= 4 is 23.4 Å². The van der Waals surface area contributed by atoms with Gasteiger partial charge in [0, 0.05) is 16.0 Å². The van der Waals surface area contributed by atoms with E-state index in [1.165, 1.54) is 11.8 Å². The molecule has 0 fully saturated rings. The maximum absolute atomic E-state index is 6.04. The average molecular weight is 444 g/mol. The zero-order chi connectivity index (χ0) is 21.3. The summed E-state index contributed by atoms with van der Waals surface area (Å²) in [7, 11) is 0. The van der Waals surface area contributed by atoms with Crippen LogP contribution in [0.25, 0.3) is 11.4 Å². The summed E-state index contributed by atoms with van der Waals surface area (Å²) in [4.78, 5) is 4.57. The summed E-state index contributed by atoms with van der Waals surface area (Å²) in [5, 5.41) is 14.3. The number of thioether (sulfide) groups is 1. The molecule has 0 saturated carbocycles. The van der Waals surface area contributed by atoms with E-state index in [-0.39, 0.29) is 10.7 Å². The Morgan fingerprint density at radius 2 is 1.90 bits per heavy atom. The van der Waals surface area contributed by atoms with Crippen molar-refractivity contribution in [2.45, 2.75) is 50.1 Å². The molecular weight excluding hydrogens is 422 g/mol. The Hall–Kier alpha value is -2.58. The molecule has 0 bridgehead atoms. The van der Waals surface area contributed by atoms with Crippen molar-refractivity contribution in [3.8, 4) is 11.4 Å². The highest BCUT2D eigenvalue weighted by molar-refractivity contribution is 7.99. The number of nitrogens with zero attached hydrogens (tertiary/aromatic N) is 5. The molecule has 0 saturated heterocycles. The van der Waals surface area contributed by atoms with Gasteiger partial charge in [-0.25, -0.2) is 0 Å². The van der Waals surface area contributed by atoms with Crippen LogP contribution in [0.4, 0.5) is 0 Å². The second kappa shape index (κ2) is 8.28. The molecule has 3 aromatic heterocycles. The van der Waals surface area contributed by atoms with Gasteiger partial charge < -0.3 is 8.94 Å². The zero-order valence-electron chi connectivity index (χ0n) is 17.2. The Balaban J connectivity index is 1.65. The molecule has 0 amide bonds. The molecule has 3 heterocycles. The quantitative estimate of drug-likeness (QED) is 0.349. The minimum Gasteiger partial charge on any atom is -0.467 e. The van der Waals surface area contributed by atoms with Crippen molar-refractivity contribution in [2.75, 3.05) is 0 Å². The predicted octanol–water partition coefficient (Wildman–Crippen LogP) is 5.77. The highest BCUT2D eigenvalue weighted by atomic mass is 35.5. The lowest BCUT2D eigenvalue weighted by Gasteiger charge is -2.12. The molecule has 7 nitrogen and oxygen atoms in total. The fourth-order valence-corrected chi connectivity index (χ4v) is 3.81. The maximum atomic E-state index is 6.04. The monoisotopic (exact) mass is 443 g/mol. The summed E-state index contributed by atoms with van der Waals surface area (Å²) in [6.07, 6.45) is 1.66. The summed E-state index contributed by atoms with van der Waals surface area (Å²) in [5.74, 6) is 2.79. The average Bonchev–Trinajstić information content (AvgIpc) is 3.44. The van der Waals surface area contributed by atoms with Crippen LogP contribution in [0.5, 0.6) is 0 Å². The van der Waals surface area contributed by atoms with Gasteiger partial charge in [0.05, 0.1) is 18.1 Å². The molecule has 30 heavy (non-hydrogen) atoms. The second-order valence-electron chi connectivity index (χ2n) is 7.94. The summed E-state index contributed by atoms with van der Waals surface area (Å²) in [6.45, 7) is 8.68. The standard InChI is InChI=1S/C21H22ClN5O2S/c1-13(18-23-19(26-29-18)21(2,3)4)30-20-25-24-17(14-7-9-15(22)10-8-14)27(20)12-16-6-5-11-28-16/h5-11,13H,12H2,1-4H3. The lowest BCUT2D eigenvalue weighted by molar-refractivity contribution is 0.364. The molecule has 0 N–H and O–H groups in total. The van der Waals surface area contributed by atoms with Gasteiger partial charge in [-0.1, -0.05) is 49.3 Å². The topological polar surface area (TPSA) is 82.8 Å². The van der Waals surface area contributed by atoms with Crippen molar-refractivity contribution in [3.63, 3.8) is 0 Å². The summed E-state index contributed by atoms with van der Waals surface area (Å²) in [6, 6.07) is 11.3. The Labute approximate surface area is 183 Å². The minimum absolute atomic E-state index is 0.0915. The first kappa shape index (κ1) is 20.7. The van der Waals surface area contributed by atoms with Gasteiger partial charge in [0.1, 0.15) is 5.76 Å². The molecule has 0 aliphatic heterocycles. The number of hydrogen-bond donors (Lipinski definition) is 0. The molecule has 1 aromatic carbocycles. The lowest BCUT2D eigenvalue weighted by Crippen LogP contribution is -2.13. The molecule has 0 aliphatic rings. The van der Waals surface area contributed by atoms with Crippen LogP contribution in [0.2, 0.25) is 5.02 Å². The number of halogens is 1. The molecule has 1 unspecified atom stereocenters. The highest BCUT2D eigenvalue weighted by Crippen LogP contribution is 2.36. The predicted molar refractivity (Wildman–Crippen MR) is 116 cm³/mol. The van der Waals surface area contributed by atoms with E-state index in [2.05, 4.69) is 41.1 Å². The SMILES string of the molecule is CC(Sc1nnc(-c2ccc(Cl)cc2)n1Cc1ccco1)c1nc(C(C)(C)C)no1. The van der Waals surface area contributed by atoms with Gasteiger partial charge in [-0.3, -0.25) is 4.57 Å². The Bertz CT molecular complexity index is 1110. The minimum atomic E-state index is -0.173. The van der Waals surface area contributed by atoms with Crippen LogP contribution in [-0.4, -0.2) is 24.9 Å². The molecule has 9 heteroatoms.